The van der Waals surface area contributed by atoms with Crippen molar-refractivity contribution in [2.24, 2.45) is 4.99 Å². The van der Waals surface area contributed by atoms with Gasteiger partial charge in [-0.2, -0.15) is 0 Å². The molecule has 0 aromatic rings. The van der Waals surface area contributed by atoms with E-state index in [2.05, 4.69) is 37.5 Å². The minimum atomic E-state index is 0.0700. The van der Waals surface area contributed by atoms with Crippen molar-refractivity contribution < 1.29 is 9.28 Å². The Hall–Kier alpha value is -1.16. The van der Waals surface area contributed by atoms with Crippen LogP contribution in [0.4, 0.5) is 0 Å². The molecule has 4 heteroatoms. The van der Waals surface area contributed by atoms with Crippen LogP contribution in [0.15, 0.2) is 17.1 Å². The molecule has 31 heavy (non-hydrogen) atoms. The SMILES string of the molecule is CCCCC/C=C/CCCCCCCCCCCC1N=CC[N+]1(CC)CCNC(C)=O. The van der Waals surface area contributed by atoms with Gasteiger partial charge in [0.05, 0.1) is 25.8 Å². The van der Waals surface area contributed by atoms with E-state index in [1.165, 1.54) is 96.3 Å². The lowest BCUT2D eigenvalue weighted by atomic mass is 10.0. The van der Waals surface area contributed by atoms with Crippen LogP contribution in [0.25, 0.3) is 0 Å². The zero-order valence-corrected chi connectivity index (χ0v) is 21.0. The number of amides is 1. The topological polar surface area (TPSA) is 41.5 Å². The maximum atomic E-state index is 11.2. The van der Waals surface area contributed by atoms with Gasteiger partial charge >= 0.3 is 0 Å². The molecule has 0 radical (unpaired) electrons. The molecule has 0 saturated carbocycles. The van der Waals surface area contributed by atoms with E-state index in [4.69, 9.17) is 4.99 Å². The maximum absolute atomic E-state index is 11.2. The Bertz CT molecular complexity index is 503. The normalized spacial score (nSPS) is 20.7. The van der Waals surface area contributed by atoms with E-state index in [1.807, 2.05) is 0 Å². The van der Waals surface area contributed by atoms with Crippen molar-refractivity contribution in [1.29, 1.82) is 0 Å². The second-order valence-corrected chi connectivity index (χ2v) is 9.46. The number of hydrogen-bond acceptors (Lipinski definition) is 2. The van der Waals surface area contributed by atoms with Gasteiger partial charge in [0, 0.05) is 13.3 Å². The van der Waals surface area contributed by atoms with Gasteiger partial charge in [0.2, 0.25) is 5.91 Å². The Morgan fingerprint density at radius 1 is 0.935 bits per heavy atom. The van der Waals surface area contributed by atoms with Gasteiger partial charge in [-0.05, 0) is 39.0 Å². The fourth-order valence-corrected chi connectivity index (χ4v) is 4.71. The van der Waals surface area contributed by atoms with Crippen LogP contribution in [-0.2, 0) is 4.79 Å². The van der Waals surface area contributed by atoms with Gasteiger partial charge in [-0.3, -0.25) is 9.28 Å². The van der Waals surface area contributed by atoms with Gasteiger partial charge in [0.15, 0.2) is 6.17 Å². The molecule has 0 aromatic heterocycles. The first-order chi connectivity index (χ1) is 15.1. The molecule has 180 valence electrons. The lowest BCUT2D eigenvalue weighted by Gasteiger charge is -2.38. The zero-order chi connectivity index (χ0) is 22.6. The third-order valence-corrected chi connectivity index (χ3v) is 6.89. The molecule has 4 nitrogen and oxygen atoms in total. The number of carbonyl (C=O) groups is 1. The Morgan fingerprint density at radius 2 is 1.52 bits per heavy atom. The van der Waals surface area contributed by atoms with E-state index in [9.17, 15) is 4.79 Å². The number of aliphatic imine (C=N–C) groups is 1. The number of hydrogen-bond donors (Lipinski definition) is 1. The fraction of sp³-hybridized carbons (Fsp3) is 0.852. The molecule has 0 fully saturated rings. The van der Waals surface area contributed by atoms with Crippen molar-refractivity contribution in [2.75, 3.05) is 26.2 Å². The van der Waals surface area contributed by atoms with Crippen LogP contribution < -0.4 is 5.32 Å². The Morgan fingerprint density at radius 3 is 2.10 bits per heavy atom. The van der Waals surface area contributed by atoms with E-state index in [-0.39, 0.29) is 5.91 Å². The van der Waals surface area contributed by atoms with Crippen LogP contribution in [0.3, 0.4) is 0 Å². The van der Waals surface area contributed by atoms with Crippen LogP contribution >= 0.6 is 0 Å². The zero-order valence-electron chi connectivity index (χ0n) is 21.0. The number of unbranched alkanes of at least 4 members (excludes halogenated alkanes) is 12. The van der Waals surface area contributed by atoms with Crippen molar-refractivity contribution in [1.82, 2.24) is 5.32 Å². The number of carbonyl (C=O) groups excluding carboxylic acids is 1. The predicted octanol–water partition coefficient (Wildman–Crippen LogP) is 6.80. The minimum Gasteiger partial charge on any atom is -0.351 e. The molecule has 0 saturated heterocycles. The summed E-state index contributed by atoms with van der Waals surface area (Å²) in [5.41, 5.74) is 0. The van der Waals surface area contributed by atoms with E-state index >= 15 is 0 Å². The Balaban J connectivity index is 1.97. The quantitative estimate of drug-likeness (QED) is 0.128. The molecule has 1 heterocycles. The van der Waals surface area contributed by atoms with Crippen molar-refractivity contribution in [2.45, 2.75) is 123 Å². The first kappa shape index (κ1) is 27.9. The van der Waals surface area contributed by atoms with E-state index in [0.29, 0.717) is 6.17 Å². The second-order valence-electron chi connectivity index (χ2n) is 9.46. The summed E-state index contributed by atoms with van der Waals surface area (Å²) in [5.74, 6) is 0.0700. The first-order valence-electron chi connectivity index (χ1n) is 13.4. The van der Waals surface area contributed by atoms with E-state index in [1.54, 1.807) is 6.92 Å². The fourth-order valence-electron chi connectivity index (χ4n) is 4.71. The molecule has 1 rings (SSSR count). The number of quaternary nitrogens is 1. The van der Waals surface area contributed by atoms with E-state index < -0.39 is 0 Å². The van der Waals surface area contributed by atoms with Gasteiger partial charge < -0.3 is 5.32 Å². The average molecular weight is 435 g/mol. The van der Waals surface area contributed by atoms with Gasteiger partial charge in [-0.1, -0.05) is 76.9 Å². The molecule has 1 amide bonds. The molecule has 1 aliphatic rings. The highest BCUT2D eigenvalue weighted by atomic mass is 16.1. The molecule has 0 aliphatic carbocycles. The summed E-state index contributed by atoms with van der Waals surface area (Å²) in [6, 6.07) is 0. The highest BCUT2D eigenvalue weighted by Gasteiger charge is 2.37. The Labute approximate surface area is 193 Å². The lowest BCUT2D eigenvalue weighted by molar-refractivity contribution is -0.935. The van der Waals surface area contributed by atoms with Gasteiger partial charge in [0.1, 0.15) is 6.54 Å². The molecular formula is C27H52N3O+. The second kappa shape index (κ2) is 18.4. The van der Waals surface area contributed by atoms with Gasteiger partial charge in [-0.25, -0.2) is 4.99 Å². The highest BCUT2D eigenvalue weighted by Crippen LogP contribution is 2.24. The molecule has 0 bridgehead atoms. The number of nitrogens with one attached hydrogen (secondary N) is 1. The smallest absolute Gasteiger partial charge is 0.217 e. The number of likely N-dealkylation sites (N-methyl/N-ethyl adjacent to an activating group) is 1. The molecule has 1 aliphatic heterocycles. The van der Waals surface area contributed by atoms with Crippen molar-refractivity contribution >= 4 is 12.1 Å². The maximum Gasteiger partial charge on any atom is 0.217 e. The number of allylic oxidation sites excluding steroid dienone is 2. The average Bonchev–Trinajstić information content (AvgIpc) is 3.16. The van der Waals surface area contributed by atoms with Crippen molar-refractivity contribution in [3.05, 3.63) is 12.2 Å². The van der Waals surface area contributed by atoms with Crippen molar-refractivity contribution in [3.8, 4) is 0 Å². The monoisotopic (exact) mass is 434 g/mol. The summed E-state index contributed by atoms with van der Waals surface area (Å²) in [5, 5.41) is 2.96. The molecule has 2 atom stereocenters. The summed E-state index contributed by atoms with van der Waals surface area (Å²) < 4.78 is 1.02. The predicted molar refractivity (Wildman–Crippen MR) is 136 cm³/mol. The standard InChI is InChI=1S/C27H51N3O/c1-4-6-7-8-9-10-11-12-13-14-15-16-17-18-19-20-21-27-29-23-25-30(27,5-2)24-22-28-26(3)31/h9-10,23,27H,4-8,11-22,24-25H2,1-3H3/p+1/b10-9+. The third-order valence-electron chi connectivity index (χ3n) is 6.89. The van der Waals surface area contributed by atoms with Crippen LogP contribution in [0.5, 0.6) is 0 Å². The van der Waals surface area contributed by atoms with Crippen LogP contribution in [-0.4, -0.2) is 48.9 Å². The largest absolute Gasteiger partial charge is 0.351 e. The van der Waals surface area contributed by atoms with E-state index in [0.717, 1.165) is 30.7 Å². The van der Waals surface area contributed by atoms with Gasteiger partial charge in [0.25, 0.3) is 0 Å². The van der Waals surface area contributed by atoms with Crippen LogP contribution in [0, 0.1) is 0 Å². The third kappa shape index (κ3) is 13.1. The van der Waals surface area contributed by atoms with Crippen LogP contribution in [0.2, 0.25) is 0 Å². The minimum absolute atomic E-state index is 0.0700. The number of rotatable bonds is 20. The molecule has 0 spiro atoms. The number of nitrogens with zero attached hydrogens (tertiary/aromatic N) is 2. The summed E-state index contributed by atoms with van der Waals surface area (Å²) in [6.45, 7) is 10.0. The summed E-state index contributed by atoms with van der Waals surface area (Å²) in [7, 11) is 0. The summed E-state index contributed by atoms with van der Waals surface area (Å²) >= 11 is 0. The molecular weight excluding hydrogens is 382 g/mol. The van der Waals surface area contributed by atoms with Crippen LogP contribution in [0.1, 0.15) is 117 Å². The lowest BCUT2D eigenvalue weighted by Crippen LogP contribution is -2.55. The Kier molecular flexibility index (Phi) is 16.6. The molecule has 0 aromatic carbocycles. The van der Waals surface area contributed by atoms with Gasteiger partial charge in [-0.15, -0.1) is 0 Å². The first-order valence-corrected chi connectivity index (χ1v) is 13.4. The molecule has 1 N–H and O–H groups in total. The summed E-state index contributed by atoms with van der Waals surface area (Å²) in [6.07, 6.45) is 27.5. The highest BCUT2D eigenvalue weighted by molar-refractivity contribution is 5.72. The molecule has 2 unspecified atom stereocenters. The van der Waals surface area contributed by atoms with Crippen molar-refractivity contribution in [3.63, 3.8) is 0 Å². The summed E-state index contributed by atoms with van der Waals surface area (Å²) in [4.78, 5) is 16.0.